The molecule has 0 bridgehead atoms. The van der Waals surface area contributed by atoms with Crippen LogP contribution in [0.3, 0.4) is 0 Å². The Kier molecular flexibility index (Phi) is 14.1. The van der Waals surface area contributed by atoms with Crippen LogP contribution in [0, 0.1) is 5.41 Å². The number of carbonyl (C=O) groups is 3. The van der Waals surface area contributed by atoms with Gasteiger partial charge < -0.3 is 40.7 Å². The zero-order valence-corrected chi connectivity index (χ0v) is 32.6. The first-order valence-electron chi connectivity index (χ1n) is 18.9. The van der Waals surface area contributed by atoms with Crippen LogP contribution in [0.5, 0.6) is 17.2 Å². The summed E-state index contributed by atoms with van der Waals surface area (Å²) >= 11 is 0. The number of amides is 3. The average molecular weight is 767 g/mol. The number of benzene rings is 4. The number of hydrogen-bond donors (Lipinski definition) is 7. The summed E-state index contributed by atoms with van der Waals surface area (Å²) in [7, 11) is 3.03. The van der Waals surface area contributed by atoms with Crippen molar-refractivity contribution in [3.8, 4) is 17.2 Å². The van der Waals surface area contributed by atoms with Gasteiger partial charge in [0.05, 0.1) is 38.5 Å². The van der Waals surface area contributed by atoms with Crippen molar-refractivity contribution in [1.29, 1.82) is 0 Å². The molecule has 0 saturated heterocycles. The number of aliphatic hydroxyl groups is 2. The van der Waals surface area contributed by atoms with E-state index in [1.807, 2.05) is 87.5 Å². The SMILES string of the molecule is COc1ccc(CN[C@@H](C(=O)NC2c3ccccc3CC2O)[C@H](O)[C@H](Cc2ccccc2)NC(=O)[C@@H](NC(=O)CCc2ccc(OC)c(O)c2)C(C)(C)C)cc1. The number of phenols is 1. The minimum absolute atomic E-state index is 0.0323. The number of fused-ring (bicyclic) bond motifs is 1. The highest BCUT2D eigenvalue weighted by molar-refractivity contribution is 5.89. The Balaban J connectivity index is 1.39. The lowest BCUT2D eigenvalue weighted by molar-refractivity contribution is -0.134. The topological polar surface area (TPSA) is 178 Å². The lowest BCUT2D eigenvalue weighted by Crippen LogP contribution is -2.62. The maximum absolute atomic E-state index is 14.3. The molecule has 298 valence electrons. The van der Waals surface area contributed by atoms with Gasteiger partial charge >= 0.3 is 0 Å². The Bertz CT molecular complexity index is 1930. The van der Waals surface area contributed by atoms with Crippen LogP contribution < -0.4 is 30.7 Å². The van der Waals surface area contributed by atoms with E-state index in [-0.39, 0.29) is 31.0 Å². The van der Waals surface area contributed by atoms with Crippen LogP contribution in [0.4, 0.5) is 0 Å². The lowest BCUT2D eigenvalue weighted by atomic mass is 9.85. The Hall–Kier alpha value is -5.43. The van der Waals surface area contributed by atoms with Gasteiger partial charge in [0.2, 0.25) is 17.7 Å². The summed E-state index contributed by atoms with van der Waals surface area (Å²) in [6.07, 6.45) is -1.42. The highest BCUT2D eigenvalue weighted by Crippen LogP contribution is 2.32. The summed E-state index contributed by atoms with van der Waals surface area (Å²) in [4.78, 5) is 41.9. The monoisotopic (exact) mass is 766 g/mol. The van der Waals surface area contributed by atoms with E-state index < -0.39 is 53.6 Å². The van der Waals surface area contributed by atoms with Crippen LogP contribution in [-0.2, 0) is 40.2 Å². The number of ether oxygens (including phenoxy) is 2. The van der Waals surface area contributed by atoms with Gasteiger partial charge in [0.15, 0.2) is 11.5 Å². The van der Waals surface area contributed by atoms with Crippen molar-refractivity contribution in [2.24, 2.45) is 5.41 Å². The second-order valence-electron chi connectivity index (χ2n) is 15.3. The van der Waals surface area contributed by atoms with E-state index in [0.29, 0.717) is 24.3 Å². The van der Waals surface area contributed by atoms with Crippen LogP contribution in [0.2, 0.25) is 0 Å². The maximum Gasteiger partial charge on any atom is 0.243 e. The van der Waals surface area contributed by atoms with E-state index >= 15 is 0 Å². The molecule has 7 N–H and O–H groups in total. The number of aromatic hydroxyl groups is 1. The number of aryl methyl sites for hydroxylation is 1. The third-order valence-corrected chi connectivity index (χ3v) is 10.2. The fraction of sp³-hybridized carbons (Fsp3) is 0.386. The van der Waals surface area contributed by atoms with Crippen molar-refractivity contribution >= 4 is 17.7 Å². The molecule has 6 atom stereocenters. The van der Waals surface area contributed by atoms with Crippen LogP contribution in [0.25, 0.3) is 0 Å². The molecule has 0 saturated carbocycles. The summed E-state index contributed by atoms with van der Waals surface area (Å²) in [6.45, 7) is 5.69. The molecule has 1 aliphatic rings. The van der Waals surface area contributed by atoms with Gasteiger partial charge in [-0.3, -0.25) is 19.7 Å². The Labute approximate surface area is 328 Å². The van der Waals surface area contributed by atoms with E-state index in [2.05, 4.69) is 21.3 Å². The molecule has 2 unspecified atom stereocenters. The minimum Gasteiger partial charge on any atom is -0.504 e. The van der Waals surface area contributed by atoms with Crippen molar-refractivity contribution in [2.75, 3.05) is 14.2 Å². The second kappa shape index (κ2) is 18.9. The Morgan fingerprint density at radius 2 is 1.50 bits per heavy atom. The fourth-order valence-corrected chi connectivity index (χ4v) is 7.01. The van der Waals surface area contributed by atoms with Crippen molar-refractivity contribution in [3.63, 3.8) is 0 Å². The molecule has 0 heterocycles. The highest BCUT2D eigenvalue weighted by Gasteiger charge is 2.40. The average Bonchev–Trinajstić information content (AvgIpc) is 3.49. The van der Waals surface area contributed by atoms with Gasteiger partial charge in [0.25, 0.3) is 0 Å². The third kappa shape index (κ3) is 10.9. The molecule has 4 aromatic rings. The molecule has 5 rings (SSSR count). The number of methoxy groups -OCH3 is 2. The van der Waals surface area contributed by atoms with E-state index in [4.69, 9.17) is 9.47 Å². The van der Waals surface area contributed by atoms with E-state index in [1.165, 1.54) is 13.2 Å². The fourth-order valence-electron chi connectivity index (χ4n) is 7.01. The molecule has 12 heteroatoms. The first-order valence-corrected chi connectivity index (χ1v) is 18.9. The van der Waals surface area contributed by atoms with Crippen molar-refractivity contribution in [2.45, 2.75) is 89.4 Å². The largest absolute Gasteiger partial charge is 0.504 e. The van der Waals surface area contributed by atoms with Crippen molar-refractivity contribution in [1.82, 2.24) is 21.3 Å². The molecule has 0 fully saturated rings. The summed E-state index contributed by atoms with van der Waals surface area (Å²) < 4.78 is 10.4. The predicted octanol–water partition coefficient (Wildman–Crippen LogP) is 3.89. The van der Waals surface area contributed by atoms with Crippen molar-refractivity contribution < 1.29 is 39.2 Å². The molecule has 0 radical (unpaired) electrons. The van der Waals surface area contributed by atoms with Gasteiger partial charge in [-0.15, -0.1) is 0 Å². The zero-order valence-electron chi connectivity index (χ0n) is 32.6. The minimum atomic E-state index is -1.47. The van der Waals surface area contributed by atoms with Crippen LogP contribution >= 0.6 is 0 Å². The van der Waals surface area contributed by atoms with E-state index in [1.54, 1.807) is 31.4 Å². The van der Waals surface area contributed by atoms with Gasteiger partial charge in [0, 0.05) is 19.4 Å². The van der Waals surface area contributed by atoms with Crippen molar-refractivity contribution in [3.05, 3.63) is 125 Å². The molecule has 3 amide bonds. The number of rotatable bonds is 17. The lowest BCUT2D eigenvalue weighted by Gasteiger charge is -2.35. The van der Waals surface area contributed by atoms with Gasteiger partial charge in [-0.05, 0) is 70.3 Å². The quantitative estimate of drug-likeness (QED) is 0.0840. The number of aliphatic hydroxyl groups excluding tert-OH is 2. The van der Waals surface area contributed by atoms with Gasteiger partial charge in [-0.25, -0.2) is 0 Å². The normalized spacial score (nSPS) is 17.1. The smallest absolute Gasteiger partial charge is 0.243 e. The molecule has 0 spiro atoms. The first-order chi connectivity index (χ1) is 26.8. The first kappa shape index (κ1) is 41.7. The number of hydrogen-bond acceptors (Lipinski definition) is 9. The molecular weight excluding hydrogens is 713 g/mol. The van der Waals surface area contributed by atoms with E-state index in [0.717, 1.165) is 27.8 Å². The number of nitrogens with one attached hydrogen (secondary N) is 4. The summed E-state index contributed by atoms with van der Waals surface area (Å²) in [5, 5.41) is 45.5. The molecule has 4 aromatic carbocycles. The Morgan fingerprint density at radius 3 is 2.16 bits per heavy atom. The van der Waals surface area contributed by atoms with Gasteiger partial charge in [0.1, 0.15) is 17.8 Å². The maximum atomic E-state index is 14.3. The molecule has 12 nitrogen and oxygen atoms in total. The number of phenolic OH excluding ortho intramolecular Hbond substituents is 1. The van der Waals surface area contributed by atoms with E-state index in [9.17, 15) is 29.7 Å². The predicted molar refractivity (Wildman–Crippen MR) is 213 cm³/mol. The molecule has 1 aliphatic carbocycles. The highest BCUT2D eigenvalue weighted by atomic mass is 16.5. The Morgan fingerprint density at radius 1 is 0.821 bits per heavy atom. The summed E-state index contributed by atoms with van der Waals surface area (Å²) in [6, 6.07) is 25.1. The van der Waals surface area contributed by atoms with Gasteiger partial charge in [-0.1, -0.05) is 93.6 Å². The molecule has 0 aliphatic heterocycles. The standard InChI is InChI=1S/C44H54N4O8/c1-44(2,3)41(47-37(51)22-18-28-17-21-36(56-5)34(49)24-28)43(54)46-33(23-27-11-7-6-8-12-27)40(52)39(45-26-29-15-19-31(55-4)20-16-29)42(53)48-38-32-14-10-9-13-30(32)25-35(38)50/h6-17,19-21,24,33,35,38-41,45,49-50,52H,18,22-23,25-26H2,1-5H3,(H,46,54)(H,47,51)(H,48,53)/t33-,35?,38?,39+,40+,41+/m0/s1. The van der Waals surface area contributed by atoms with Crippen LogP contribution in [-0.4, -0.2) is 77.6 Å². The zero-order chi connectivity index (χ0) is 40.4. The van der Waals surface area contributed by atoms with Gasteiger partial charge in [-0.2, -0.15) is 0 Å². The summed E-state index contributed by atoms with van der Waals surface area (Å²) in [5.41, 5.74) is 3.35. The second-order valence-corrected chi connectivity index (χ2v) is 15.3. The third-order valence-electron chi connectivity index (χ3n) is 10.2. The molecular formula is C44H54N4O8. The summed E-state index contributed by atoms with van der Waals surface area (Å²) in [5.74, 6) is -0.485. The van der Waals surface area contributed by atoms with Crippen LogP contribution in [0.15, 0.2) is 97.1 Å². The number of carbonyl (C=O) groups excluding carboxylic acids is 3. The van der Waals surface area contributed by atoms with Crippen LogP contribution in [0.1, 0.15) is 61.1 Å². The molecule has 56 heavy (non-hydrogen) atoms. The molecule has 0 aromatic heterocycles.